The molecule has 2 aromatic carbocycles. The van der Waals surface area contributed by atoms with Gasteiger partial charge in [0.05, 0.1) is 11.4 Å². The lowest BCUT2D eigenvalue weighted by molar-refractivity contribution is 0.174. The van der Waals surface area contributed by atoms with Crippen molar-refractivity contribution in [2.75, 3.05) is 12.1 Å². The Balaban J connectivity index is 1.69. The molecule has 1 N–H and O–H groups in total. The molecule has 2 aliphatic heterocycles. The second kappa shape index (κ2) is 5.02. The van der Waals surface area contributed by atoms with Gasteiger partial charge in [0.2, 0.25) is 6.79 Å². The molecular weight excluding hydrogens is 314 g/mol. The molecule has 5 heteroatoms. The van der Waals surface area contributed by atoms with Crippen LogP contribution in [0.3, 0.4) is 0 Å². The average Bonchev–Trinajstić information content (AvgIpc) is 3.19. The highest BCUT2D eigenvalue weighted by Crippen LogP contribution is 2.42. The van der Waals surface area contributed by atoms with E-state index in [1.165, 1.54) is 22.4 Å². The van der Waals surface area contributed by atoms with Gasteiger partial charge in [0.1, 0.15) is 6.17 Å². The van der Waals surface area contributed by atoms with Crippen molar-refractivity contribution in [2.45, 2.75) is 26.9 Å². The van der Waals surface area contributed by atoms with E-state index in [4.69, 9.17) is 14.6 Å². The number of hydrogen-bond acceptors (Lipinski definition) is 4. The number of nitrogens with one attached hydrogen (secondary N) is 1. The molecular formula is C20H19N3O2. The molecule has 0 saturated carbocycles. The van der Waals surface area contributed by atoms with Crippen LogP contribution < -0.4 is 14.8 Å². The zero-order valence-electron chi connectivity index (χ0n) is 14.5. The molecule has 0 amide bonds. The first-order valence-electron chi connectivity index (χ1n) is 8.44. The number of rotatable bonds is 1. The maximum atomic E-state index is 5.55. The van der Waals surface area contributed by atoms with Crippen LogP contribution in [0, 0.1) is 20.8 Å². The van der Waals surface area contributed by atoms with Gasteiger partial charge in [-0.1, -0.05) is 17.7 Å². The highest BCUT2D eigenvalue weighted by Gasteiger charge is 2.28. The molecule has 25 heavy (non-hydrogen) atoms. The van der Waals surface area contributed by atoms with E-state index in [-0.39, 0.29) is 13.0 Å². The Morgan fingerprint density at radius 2 is 1.88 bits per heavy atom. The van der Waals surface area contributed by atoms with Gasteiger partial charge in [-0.3, -0.25) is 0 Å². The SMILES string of the molecule is Cc1cc(C)c2c(c1)-c1cc(C)nn1C(c1ccc3c(c1)OCO3)N2. The molecule has 5 nitrogen and oxygen atoms in total. The molecule has 0 aliphatic carbocycles. The second-order valence-corrected chi connectivity index (χ2v) is 6.78. The summed E-state index contributed by atoms with van der Waals surface area (Å²) in [6, 6.07) is 12.7. The molecule has 0 radical (unpaired) electrons. The number of benzene rings is 2. The maximum absolute atomic E-state index is 5.55. The Morgan fingerprint density at radius 3 is 2.76 bits per heavy atom. The van der Waals surface area contributed by atoms with Crippen LogP contribution in [0.15, 0.2) is 36.4 Å². The fourth-order valence-electron chi connectivity index (χ4n) is 3.78. The molecule has 1 aromatic heterocycles. The van der Waals surface area contributed by atoms with E-state index >= 15 is 0 Å². The van der Waals surface area contributed by atoms with Crippen molar-refractivity contribution in [1.29, 1.82) is 0 Å². The van der Waals surface area contributed by atoms with Gasteiger partial charge < -0.3 is 14.8 Å². The first kappa shape index (κ1) is 14.4. The Labute approximate surface area is 146 Å². The normalized spacial score (nSPS) is 17.0. The van der Waals surface area contributed by atoms with Gasteiger partial charge >= 0.3 is 0 Å². The lowest BCUT2D eigenvalue weighted by Crippen LogP contribution is -2.26. The molecule has 5 rings (SSSR count). The summed E-state index contributed by atoms with van der Waals surface area (Å²) in [5.41, 5.74) is 8.11. The summed E-state index contributed by atoms with van der Waals surface area (Å²) in [5, 5.41) is 8.42. The van der Waals surface area contributed by atoms with Crippen molar-refractivity contribution in [3.63, 3.8) is 0 Å². The lowest BCUT2D eigenvalue weighted by Gasteiger charge is -2.30. The van der Waals surface area contributed by atoms with Crippen LogP contribution >= 0.6 is 0 Å². The largest absolute Gasteiger partial charge is 0.454 e. The zero-order chi connectivity index (χ0) is 17.1. The van der Waals surface area contributed by atoms with Gasteiger partial charge in [-0.2, -0.15) is 5.10 Å². The highest BCUT2D eigenvalue weighted by molar-refractivity contribution is 5.82. The van der Waals surface area contributed by atoms with Crippen molar-refractivity contribution in [3.05, 3.63) is 58.8 Å². The average molecular weight is 333 g/mol. The van der Waals surface area contributed by atoms with E-state index in [1.807, 2.05) is 19.1 Å². The van der Waals surface area contributed by atoms with Crippen LogP contribution in [-0.2, 0) is 0 Å². The third kappa shape index (κ3) is 2.12. The van der Waals surface area contributed by atoms with Crippen molar-refractivity contribution in [2.24, 2.45) is 0 Å². The van der Waals surface area contributed by atoms with Crippen LogP contribution in [-0.4, -0.2) is 16.6 Å². The summed E-state index contributed by atoms with van der Waals surface area (Å²) < 4.78 is 13.1. The highest BCUT2D eigenvalue weighted by atomic mass is 16.7. The summed E-state index contributed by atoms with van der Waals surface area (Å²) in [4.78, 5) is 0. The lowest BCUT2D eigenvalue weighted by atomic mass is 9.98. The third-order valence-electron chi connectivity index (χ3n) is 4.85. The van der Waals surface area contributed by atoms with Gasteiger partial charge in [-0.05, 0) is 50.6 Å². The minimum absolute atomic E-state index is 0.0768. The Hall–Kier alpha value is -2.95. The molecule has 2 aliphatic rings. The van der Waals surface area contributed by atoms with Crippen LogP contribution in [0.5, 0.6) is 11.5 Å². The summed E-state index contributed by atoms with van der Waals surface area (Å²) in [6.07, 6.45) is -0.0768. The monoisotopic (exact) mass is 333 g/mol. The summed E-state index contributed by atoms with van der Waals surface area (Å²) >= 11 is 0. The predicted octanol–water partition coefficient (Wildman–Crippen LogP) is 4.18. The third-order valence-corrected chi connectivity index (χ3v) is 4.85. The summed E-state index contributed by atoms with van der Waals surface area (Å²) in [7, 11) is 0. The smallest absolute Gasteiger partial charge is 0.231 e. The number of aromatic nitrogens is 2. The number of ether oxygens (including phenoxy) is 2. The second-order valence-electron chi connectivity index (χ2n) is 6.78. The fourth-order valence-corrected chi connectivity index (χ4v) is 3.78. The quantitative estimate of drug-likeness (QED) is 0.726. The van der Waals surface area contributed by atoms with Crippen molar-refractivity contribution >= 4 is 5.69 Å². The number of anilines is 1. The fraction of sp³-hybridized carbons (Fsp3) is 0.250. The molecule has 126 valence electrons. The van der Waals surface area contributed by atoms with Crippen molar-refractivity contribution in [1.82, 2.24) is 9.78 Å². The van der Waals surface area contributed by atoms with Crippen LogP contribution in [0.2, 0.25) is 0 Å². The van der Waals surface area contributed by atoms with Gasteiger partial charge in [0, 0.05) is 16.8 Å². The van der Waals surface area contributed by atoms with Crippen molar-refractivity contribution < 1.29 is 9.47 Å². The summed E-state index contributed by atoms with van der Waals surface area (Å²) in [6.45, 7) is 6.59. The van der Waals surface area contributed by atoms with Gasteiger partial charge in [0.25, 0.3) is 0 Å². The molecule has 1 atom stereocenters. The Morgan fingerprint density at radius 1 is 1.04 bits per heavy atom. The van der Waals surface area contributed by atoms with Crippen LogP contribution in [0.4, 0.5) is 5.69 Å². The van der Waals surface area contributed by atoms with E-state index in [0.717, 1.165) is 28.5 Å². The van der Waals surface area contributed by atoms with Gasteiger partial charge in [0.15, 0.2) is 11.5 Å². The molecule has 0 saturated heterocycles. The standard InChI is InChI=1S/C20H19N3O2/c1-11-6-12(2)19-15(7-11)16-8-13(3)22-23(16)20(21-19)14-4-5-17-18(9-14)25-10-24-17/h4-9,20-21H,10H2,1-3H3. The number of aryl methyl sites for hydroxylation is 3. The van der Waals surface area contributed by atoms with Crippen molar-refractivity contribution in [3.8, 4) is 22.8 Å². The summed E-state index contributed by atoms with van der Waals surface area (Å²) in [5.74, 6) is 1.58. The minimum Gasteiger partial charge on any atom is -0.454 e. The Kier molecular flexibility index (Phi) is 2.89. The molecule has 0 fully saturated rings. The maximum Gasteiger partial charge on any atom is 0.231 e. The topological polar surface area (TPSA) is 48.3 Å². The zero-order valence-corrected chi connectivity index (χ0v) is 14.5. The van der Waals surface area contributed by atoms with E-state index in [0.29, 0.717) is 0 Å². The van der Waals surface area contributed by atoms with E-state index in [2.05, 4.69) is 48.1 Å². The number of hydrogen-bond donors (Lipinski definition) is 1. The predicted molar refractivity (Wildman–Crippen MR) is 96.2 cm³/mol. The number of nitrogens with zero attached hydrogens (tertiary/aromatic N) is 2. The van der Waals surface area contributed by atoms with Gasteiger partial charge in [-0.25, -0.2) is 4.68 Å². The van der Waals surface area contributed by atoms with Crippen LogP contribution in [0.1, 0.15) is 28.6 Å². The Bertz CT molecular complexity index is 1010. The van der Waals surface area contributed by atoms with E-state index in [9.17, 15) is 0 Å². The number of fused-ring (bicyclic) bond motifs is 4. The molecule has 3 aromatic rings. The van der Waals surface area contributed by atoms with Gasteiger partial charge in [-0.15, -0.1) is 0 Å². The molecule has 0 spiro atoms. The van der Waals surface area contributed by atoms with E-state index < -0.39 is 0 Å². The first-order chi connectivity index (χ1) is 12.1. The molecule has 1 unspecified atom stereocenters. The first-order valence-corrected chi connectivity index (χ1v) is 8.44. The van der Waals surface area contributed by atoms with E-state index in [1.54, 1.807) is 0 Å². The molecule has 0 bridgehead atoms. The van der Waals surface area contributed by atoms with Crippen LogP contribution in [0.25, 0.3) is 11.3 Å². The minimum atomic E-state index is -0.0768. The molecule has 3 heterocycles.